The quantitative estimate of drug-likeness (QED) is 0.801. The minimum absolute atomic E-state index is 0.0517. The molecule has 0 radical (unpaired) electrons. The van der Waals surface area contributed by atoms with Crippen molar-refractivity contribution in [3.63, 3.8) is 0 Å². The second-order valence-corrected chi connectivity index (χ2v) is 6.15. The predicted octanol–water partition coefficient (Wildman–Crippen LogP) is 1.50. The van der Waals surface area contributed by atoms with Crippen LogP contribution in [0.2, 0.25) is 0 Å². The minimum atomic E-state index is -0.837. The number of carbonyl (C=O) groups excluding carboxylic acids is 1. The lowest BCUT2D eigenvalue weighted by Gasteiger charge is -2.28. The third-order valence-corrected chi connectivity index (χ3v) is 4.85. The zero-order valence-electron chi connectivity index (χ0n) is 10.0. The SMILES string of the molecule is CS[C@@H]1CCC[C@H](NC(=O)[C@@H]2C[C@@H]2C(=O)O)C1. The highest BCUT2D eigenvalue weighted by molar-refractivity contribution is 7.99. The second-order valence-electron chi connectivity index (χ2n) is 5.02. The van der Waals surface area contributed by atoms with Crippen molar-refractivity contribution in [1.29, 1.82) is 0 Å². The van der Waals surface area contributed by atoms with Gasteiger partial charge in [0.1, 0.15) is 0 Å². The summed E-state index contributed by atoms with van der Waals surface area (Å²) in [4.78, 5) is 22.5. The topological polar surface area (TPSA) is 66.4 Å². The van der Waals surface area contributed by atoms with Gasteiger partial charge in [0, 0.05) is 11.3 Å². The maximum atomic E-state index is 11.8. The normalized spacial score (nSPS) is 36.3. The fourth-order valence-corrected chi connectivity index (χ4v) is 3.38. The van der Waals surface area contributed by atoms with Crippen LogP contribution in [0.15, 0.2) is 0 Å². The third kappa shape index (κ3) is 3.15. The van der Waals surface area contributed by atoms with E-state index in [1.807, 2.05) is 11.8 Å². The standard InChI is InChI=1S/C12H19NO3S/c1-17-8-4-2-3-7(5-8)13-11(14)9-6-10(9)12(15)16/h7-10H,2-6H2,1H3,(H,13,14)(H,15,16)/t7-,8+,9+,10-/m0/s1. The number of amides is 1. The van der Waals surface area contributed by atoms with Crippen molar-refractivity contribution in [2.75, 3.05) is 6.26 Å². The molecule has 2 N–H and O–H groups in total. The second kappa shape index (κ2) is 5.29. The lowest BCUT2D eigenvalue weighted by Crippen LogP contribution is -2.40. The molecule has 4 atom stereocenters. The molecule has 4 nitrogen and oxygen atoms in total. The predicted molar refractivity (Wildman–Crippen MR) is 66.9 cm³/mol. The smallest absolute Gasteiger partial charge is 0.307 e. The highest BCUT2D eigenvalue weighted by Gasteiger charge is 2.48. The molecule has 0 aromatic heterocycles. The Balaban J connectivity index is 1.77. The van der Waals surface area contributed by atoms with Gasteiger partial charge in [-0.1, -0.05) is 6.42 Å². The molecule has 2 aliphatic rings. The van der Waals surface area contributed by atoms with E-state index in [-0.39, 0.29) is 17.9 Å². The number of thioether (sulfide) groups is 1. The maximum absolute atomic E-state index is 11.8. The molecule has 0 aliphatic heterocycles. The molecule has 5 heteroatoms. The molecule has 2 rings (SSSR count). The van der Waals surface area contributed by atoms with Crippen LogP contribution in [0.4, 0.5) is 0 Å². The van der Waals surface area contributed by atoms with Crippen LogP contribution in [0.5, 0.6) is 0 Å². The zero-order valence-corrected chi connectivity index (χ0v) is 10.8. The molecule has 96 valence electrons. The van der Waals surface area contributed by atoms with Crippen LogP contribution in [0, 0.1) is 11.8 Å². The highest BCUT2D eigenvalue weighted by atomic mass is 32.2. The summed E-state index contributed by atoms with van der Waals surface area (Å²) in [7, 11) is 0. The minimum Gasteiger partial charge on any atom is -0.481 e. The third-order valence-electron chi connectivity index (χ3n) is 3.75. The van der Waals surface area contributed by atoms with Gasteiger partial charge >= 0.3 is 5.97 Å². The first-order chi connectivity index (χ1) is 8.11. The molecule has 0 spiro atoms. The number of hydrogen-bond acceptors (Lipinski definition) is 3. The summed E-state index contributed by atoms with van der Waals surface area (Å²) in [5.41, 5.74) is 0. The van der Waals surface area contributed by atoms with E-state index >= 15 is 0 Å². The molecule has 17 heavy (non-hydrogen) atoms. The first kappa shape index (κ1) is 12.7. The van der Waals surface area contributed by atoms with Crippen molar-refractivity contribution in [2.45, 2.75) is 43.4 Å². The van der Waals surface area contributed by atoms with Crippen molar-refractivity contribution in [3.05, 3.63) is 0 Å². The van der Waals surface area contributed by atoms with E-state index in [0.29, 0.717) is 11.7 Å². The van der Waals surface area contributed by atoms with Crippen LogP contribution in [0.25, 0.3) is 0 Å². The first-order valence-corrected chi connectivity index (χ1v) is 7.46. The summed E-state index contributed by atoms with van der Waals surface area (Å²) in [6.45, 7) is 0. The average molecular weight is 257 g/mol. The van der Waals surface area contributed by atoms with Crippen LogP contribution in [-0.2, 0) is 9.59 Å². The number of carbonyl (C=O) groups is 2. The van der Waals surface area contributed by atoms with E-state index in [4.69, 9.17) is 5.11 Å². The summed E-state index contributed by atoms with van der Waals surface area (Å²) >= 11 is 1.86. The largest absolute Gasteiger partial charge is 0.481 e. The molecule has 0 heterocycles. The molecule has 0 bridgehead atoms. The molecular weight excluding hydrogens is 238 g/mol. The Hall–Kier alpha value is -0.710. The van der Waals surface area contributed by atoms with Gasteiger partial charge in [-0.15, -0.1) is 0 Å². The number of carboxylic acid groups (broad SMARTS) is 1. The van der Waals surface area contributed by atoms with Gasteiger partial charge in [-0.05, 0) is 31.9 Å². The fraction of sp³-hybridized carbons (Fsp3) is 0.833. The Morgan fingerprint density at radius 2 is 2.00 bits per heavy atom. The summed E-state index contributed by atoms with van der Waals surface area (Å²) in [6.07, 6.45) is 7.07. The molecule has 1 amide bonds. The van der Waals surface area contributed by atoms with Gasteiger partial charge in [-0.25, -0.2) is 0 Å². The van der Waals surface area contributed by atoms with Gasteiger partial charge in [-0.2, -0.15) is 11.8 Å². The monoisotopic (exact) mass is 257 g/mol. The van der Waals surface area contributed by atoms with Crippen LogP contribution >= 0.6 is 11.8 Å². The molecule has 0 aromatic rings. The van der Waals surface area contributed by atoms with Crippen molar-refractivity contribution in [3.8, 4) is 0 Å². The molecule has 2 aliphatic carbocycles. The first-order valence-electron chi connectivity index (χ1n) is 6.17. The fourth-order valence-electron chi connectivity index (χ4n) is 2.56. The van der Waals surface area contributed by atoms with Crippen molar-refractivity contribution >= 4 is 23.6 Å². The Morgan fingerprint density at radius 1 is 1.24 bits per heavy atom. The Kier molecular flexibility index (Phi) is 3.97. The van der Waals surface area contributed by atoms with E-state index in [1.165, 1.54) is 6.42 Å². The van der Waals surface area contributed by atoms with Gasteiger partial charge in [0.15, 0.2) is 0 Å². The Morgan fingerprint density at radius 3 is 2.59 bits per heavy atom. The lowest BCUT2D eigenvalue weighted by atomic mass is 9.95. The molecule has 2 saturated carbocycles. The van der Waals surface area contributed by atoms with Crippen molar-refractivity contribution in [1.82, 2.24) is 5.32 Å². The number of nitrogens with one attached hydrogen (secondary N) is 1. The number of carboxylic acids is 1. The molecule has 0 saturated heterocycles. The van der Waals surface area contributed by atoms with Gasteiger partial charge in [0.25, 0.3) is 0 Å². The average Bonchev–Trinajstić information content (AvgIpc) is 3.09. The summed E-state index contributed by atoms with van der Waals surface area (Å²) in [5.74, 6) is -1.60. The van der Waals surface area contributed by atoms with E-state index in [9.17, 15) is 9.59 Å². The number of rotatable bonds is 4. The van der Waals surface area contributed by atoms with Gasteiger partial charge in [0.2, 0.25) is 5.91 Å². The highest BCUT2D eigenvalue weighted by Crippen LogP contribution is 2.39. The van der Waals surface area contributed by atoms with Crippen LogP contribution in [-0.4, -0.2) is 34.5 Å². The number of hydrogen-bond donors (Lipinski definition) is 2. The van der Waals surface area contributed by atoms with Crippen molar-refractivity contribution in [2.24, 2.45) is 11.8 Å². The molecular formula is C12H19NO3S. The molecule has 0 unspecified atom stereocenters. The zero-order chi connectivity index (χ0) is 12.4. The number of aliphatic carboxylic acids is 1. The van der Waals surface area contributed by atoms with E-state index < -0.39 is 11.9 Å². The van der Waals surface area contributed by atoms with Gasteiger partial charge < -0.3 is 10.4 Å². The van der Waals surface area contributed by atoms with E-state index in [2.05, 4.69) is 11.6 Å². The van der Waals surface area contributed by atoms with Crippen LogP contribution < -0.4 is 5.32 Å². The van der Waals surface area contributed by atoms with Crippen LogP contribution in [0.1, 0.15) is 32.1 Å². The molecule has 0 aromatic carbocycles. The lowest BCUT2D eigenvalue weighted by molar-refractivity contribution is -0.140. The van der Waals surface area contributed by atoms with E-state index in [0.717, 1.165) is 19.3 Å². The van der Waals surface area contributed by atoms with Gasteiger partial charge in [0.05, 0.1) is 11.8 Å². The summed E-state index contributed by atoms with van der Waals surface area (Å²) in [5, 5.41) is 12.4. The Labute approximate surface area is 106 Å². The van der Waals surface area contributed by atoms with Gasteiger partial charge in [-0.3, -0.25) is 9.59 Å². The summed E-state index contributed by atoms with van der Waals surface area (Å²) in [6, 6.07) is 0.253. The Bertz CT molecular complexity index is 321. The maximum Gasteiger partial charge on any atom is 0.307 e. The van der Waals surface area contributed by atoms with Crippen molar-refractivity contribution < 1.29 is 14.7 Å². The summed E-state index contributed by atoms with van der Waals surface area (Å²) < 4.78 is 0. The van der Waals surface area contributed by atoms with E-state index in [1.54, 1.807) is 0 Å². The molecule has 2 fully saturated rings. The van der Waals surface area contributed by atoms with Crippen LogP contribution in [0.3, 0.4) is 0 Å².